The third kappa shape index (κ3) is 4.18. The number of likely N-dealkylation sites (tertiary alicyclic amines) is 1. The Hall–Kier alpha value is -1.27. The first kappa shape index (κ1) is 16.6. The summed E-state index contributed by atoms with van der Waals surface area (Å²) in [7, 11) is 1.85. The number of rotatable bonds is 5. The van der Waals surface area contributed by atoms with Gasteiger partial charge in [-0.05, 0) is 25.7 Å². The van der Waals surface area contributed by atoms with Gasteiger partial charge in [-0.25, -0.2) is 9.37 Å². The fourth-order valence-electron chi connectivity index (χ4n) is 3.55. The van der Waals surface area contributed by atoms with E-state index in [1.54, 1.807) is 22.4 Å². The van der Waals surface area contributed by atoms with Crippen molar-refractivity contribution in [1.29, 1.82) is 0 Å². The number of amides is 1. The predicted octanol–water partition coefficient (Wildman–Crippen LogP) is 2.87. The molecule has 126 valence electrons. The van der Waals surface area contributed by atoms with Crippen molar-refractivity contribution in [3.8, 4) is 0 Å². The minimum absolute atomic E-state index is 0.0852. The van der Waals surface area contributed by atoms with Crippen LogP contribution < -0.4 is 0 Å². The van der Waals surface area contributed by atoms with E-state index in [4.69, 9.17) is 0 Å². The van der Waals surface area contributed by atoms with E-state index in [0.717, 1.165) is 24.3 Å². The van der Waals surface area contributed by atoms with Crippen molar-refractivity contribution in [1.82, 2.24) is 14.8 Å². The molecule has 2 aliphatic rings. The van der Waals surface area contributed by atoms with Crippen molar-refractivity contribution >= 4 is 17.2 Å². The van der Waals surface area contributed by atoms with Gasteiger partial charge in [0.25, 0.3) is 0 Å². The second-order valence-corrected chi connectivity index (χ2v) is 7.52. The zero-order valence-corrected chi connectivity index (χ0v) is 14.3. The molecule has 3 atom stereocenters. The number of allylic oxidation sites excluding steroid dienone is 2. The first-order valence-corrected chi connectivity index (χ1v) is 9.18. The number of carbonyl (C=O) groups is 1. The van der Waals surface area contributed by atoms with Crippen LogP contribution in [-0.2, 0) is 11.3 Å². The zero-order chi connectivity index (χ0) is 16.2. The SMILES string of the molecule is CN(C[C@@H]1C[C@H](F)CN1Cc1nccs1)C(=O)[C@@H]1CC=CCC1. The quantitative estimate of drug-likeness (QED) is 0.775. The van der Waals surface area contributed by atoms with Gasteiger partial charge in [-0.2, -0.15) is 0 Å². The third-order valence-electron chi connectivity index (χ3n) is 4.78. The zero-order valence-electron chi connectivity index (χ0n) is 13.5. The summed E-state index contributed by atoms with van der Waals surface area (Å²) in [4.78, 5) is 20.8. The number of carbonyl (C=O) groups excluding carboxylic acids is 1. The monoisotopic (exact) mass is 337 g/mol. The molecule has 1 aromatic rings. The molecule has 0 N–H and O–H groups in total. The minimum Gasteiger partial charge on any atom is -0.344 e. The van der Waals surface area contributed by atoms with E-state index in [1.165, 1.54) is 0 Å². The first-order chi connectivity index (χ1) is 11.1. The van der Waals surface area contributed by atoms with Gasteiger partial charge in [-0.15, -0.1) is 11.3 Å². The first-order valence-electron chi connectivity index (χ1n) is 8.30. The van der Waals surface area contributed by atoms with Crippen LogP contribution in [0.15, 0.2) is 23.7 Å². The highest BCUT2D eigenvalue weighted by atomic mass is 32.1. The van der Waals surface area contributed by atoms with Crippen LogP contribution in [0, 0.1) is 5.92 Å². The lowest BCUT2D eigenvalue weighted by atomic mass is 9.93. The van der Waals surface area contributed by atoms with E-state index in [2.05, 4.69) is 22.0 Å². The molecule has 1 aromatic heterocycles. The second-order valence-electron chi connectivity index (χ2n) is 6.54. The van der Waals surface area contributed by atoms with Gasteiger partial charge in [0, 0.05) is 43.7 Å². The average Bonchev–Trinajstić information content (AvgIpc) is 3.18. The Morgan fingerprint density at radius 3 is 3.09 bits per heavy atom. The molecule has 23 heavy (non-hydrogen) atoms. The average molecular weight is 337 g/mol. The maximum atomic E-state index is 13.9. The van der Waals surface area contributed by atoms with Crippen LogP contribution in [0.4, 0.5) is 4.39 Å². The summed E-state index contributed by atoms with van der Waals surface area (Å²) in [6.45, 7) is 1.72. The third-order valence-corrected chi connectivity index (χ3v) is 5.54. The lowest BCUT2D eigenvalue weighted by molar-refractivity contribution is -0.135. The number of hydrogen-bond acceptors (Lipinski definition) is 4. The predicted molar refractivity (Wildman–Crippen MR) is 89.9 cm³/mol. The molecule has 2 heterocycles. The van der Waals surface area contributed by atoms with Gasteiger partial charge in [-0.1, -0.05) is 12.2 Å². The van der Waals surface area contributed by atoms with Gasteiger partial charge in [-0.3, -0.25) is 9.69 Å². The highest BCUT2D eigenvalue weighted by molar-refractivity contribution is 7.09. The smallest absolute Gasteiger partial charge is 0.225 e. The molecule has 0 bridgehead atoms. The van der Waals surface area contributed by atoms with E-state index in [-0.39, 0.29) is 17.9 Å². The second kappa shape index (κ2) is 7.53. The summed E-state index contributed by atoms with van der Waals surface area (Å²) < 4.78 is 13.9. The molecule has 3 rings (SSSR count). The van der Waals surface area contributed by atoms with E-state index in [1.807, 2.05) is 12.4 Å². The molecule has 0 aromatic carbocycles. The van der Waals surface area contributed by atoms with Crippen LogP contribution in [0.25, 0.3) is 0 Å². The van der Waals surface area contributed by atoms with Gasteiger partial charge in [0.1, 0.15) is 11.2 Å². The minimum atomic E-state index is -0.805. The van der Waals surface area contributed by atoms with Crippen molar-refractivity contribution in [2.45, 2.75) is 44.4 Å². The largest absolute Gasteiger partial charge is 0.344 e. The number of aromatic nitrogens is 1. The van der Waals surface area contributed by atoms with Gasteiger partial charge in [0.15, 0.2) is 0 Å². The van der Waals surface area contributed by atoms with Crippen LogP contribution in [0.3, 0.4) is 0 Å². The Bertz CT molecular complexity index is 548. The summed E-state index contributed by atoms with van der Waals surface area (Å²) in [5.74, 6) is 0.297. The molecule has 1 amide bonds. The van der Waals surface area contributed by atoms with Crippen molar-refractivity contribution in [2.24, 2.45) is 5.92 Å². The van der Waals surface area contributed by atoms with E-state index in [0.29, 0.717) is 26.1 Å². The highest BCUT2D eigenvalue weighted by Crippen LogP contribution is 2.25. The number of likely N-dealkylation sites (N-methyl/N-ethyl adjacent to an activating group) is 1. The molecular weight excluding hydrogens is 313 g/mol. The molecule has 1 saturated heterocycles. The van der Waals surface area contributed by atoms with Crippen molar-refractivity contribution in [3.63, 3.8) is 0 Å². The Morgan fingerprint density at radius 1 is 1.52 bits per heavy atom. The summed E-state index contributed by atoms with van der Waals surface area (Å²) >= 11 is 1.60. The number of nitrogens with zero attached hydrogens (tertiary/aromatic N) is 3. The lowest BCUT2D eigenvalue weighted by Crippen LogP contribution is -2.43. The Labute approximate surface area is 141 Å². The standard InChI is InChI=1S/C17H24FN3OS/c1-20(17(22)13-5-3-2-4-6-13)11-15-9-14(18)10-21(15)12-16-19-7-8-23-16/h2-3,7-8,13-15H,4-6,9-12H2,1H3/t13-,14+,15+/m1/s1. The molecule has 4 nitrogen and oxygen atoms in total. The molecule has 1 aliphatic carbocycles. The number of thiazole rings is 1. The van der Waals surface area contributed by atoms with Crippen molar-refractivity contribution in [2.75, 3.05) is 20.1 Å². The number of alkyl halides is 1. The normalized spacial score (nSPS) is 28.2. The van der Waals surface area contributed by atoms with Gasteiger partial charge in [0.2, 0.25) is 5.91 Å². The van der Waals surface area contributed by atoms with Crippen LogP contribution in [0.2, 0.25) is 0 Å². The van der Waals surface area contributed by atoms with Crippen LogP contribution in [-0.4, -0.2) is 53.0 Å². The molecule has 0 saturated carbocycles. The molecule has 0 spiro atoms. The number of hydrogen-bond donors (Lipinski definition) is 0. The van der Waals surface area contributed by atoms with Crippen molar-refractivity contribution < 1.29 is 9.18 Å². The summed E-state index contributed by atoms with van der Waals surface area (Å²) in [5, 5.41) is 2.95. The topological polar surface area (TPSA) is 36.4 Å². The van der Waals surface area contributed by atoms with Crippen LogP contribution >= 0.6 is 11.3 Å². The highest BCUT2D eigenvalue weighted by Gasteiger charge is 2.34. The molecule has 1 aliphatic heterocycles. The molecular formula is C17H24FN3OS. The fraction of sp³-hybridized carbons (Fsp3) is 0.647. The van der Waals surface area contributed by atoms with Gasteiger partial charge < -0.3 is 4.90 Å². The van der Waals surface area contributed by atoms with E-state index >= 15 is 0 Å². The number of halogens is 1. The lowest BCUT2D eigenvalue weighted by Gasteiger charge is -2.30. The van der Waals surface area contributed by atoms with Gasteiger partial charge >= 0.3 is 0 Å². The van der Waals surface area contributed by atoms with Crippen molar-refractivity contribution in [3.05, 3.63) is 28.7 Å². The molecule has 0 unspecified atom stereocenters. The van der Waals surface area contributed by atoms with Gasteiger partial charge in [0.05, 0.1) is 6.54 Å². The maximum absolute atomic E-state index is 13.9. The summed E-state index contributed by atoms with van der Waals surface area (Å²) in [6, 6.07) is 0.0852. The maximum Gasteiger partial charge on any atom is 0.225 e. The molecule has 1 fully saturated rings. The van der Waals surface area contributed by atoms with Crippen LogP contribution in [0.1, 0.15) is 30.7 Å². The van der Waals surface area contributed by atoms with Crippen LogP contribution in [0.5, 0.6) is 0 Å². The molecule has 6 heteroatoms. The molecule has 0 radical (unpaired) electrons. The Morgan fingerprint density at radius 2 is 2.39 bits per heavy atom. The summed E-state index contributed by atoms with van der Waals surface area (Å²) in [6.07, 6.45) is 8.47. The van der Waals surface area contributed by atoms with E-state index < -0.39 is 6.17 Å². The Balaban J connectivity index is 1.58. The summed E-state index contributed by atoms with van der Waals surface area (Å²) in [5.41, 5.74) is 0. The fourth-order valence-corrected chi connectivity index (χ4v) is 4.19. The van der Waals surface area contributed by atoms with E-state index in [9.17, 15) is 9.18 Å². The Kier molecular flexibility index (Phi) is 5.43.